The molecule has 0 spiro atoms. The molecule has 0 aliphatic rings. The second-order valence-corrected chi connectivity index (χ2v) is 9.90. The maximum absolute atomic E-state index is 12.1. The average Bonchev–Trinajstić information content (AvgIpc) is 2.33. The number of amides is 1. The van der Waals surface area contributed by atoms with Crippen LogP contribution >= 0.6 is 11.8 Å². The van der Waals surface area contributed by atoms with Crippen molar-refractivity contribution in [2.45, 2.75) is 77.4 Å². The van der Waals surface area contributed by atoms with Crippen LogP contribution in [0.1, 0.15) is 72.4 Å². The summed E-state index contributed by atoms with van der Waals surface area (Å²) in [5, 5.41) is 2.89. The normalized spacial score (nSPS) is 12.4. The Bertz CT molecular complexity index is 539. The second-order valence-electron chi connectivity index (χ2n) is 8.10. The third-order valence-corrected chi connectivity index (χ3v) is 4.41. The number of ether oxygens (including phenoxy) is 1. The highest BCUT2D eigenvalue weighted by molar-refractivity contribution is 7.99. The lowest BCUT2D eigenvalue weighted by molar-refractivity contribution is 0.0636. The Morgan fingerprint density at radius 2 is 1.78 bits per heavy atom. The van der Waals surface area contributed by atoms with Crippen molar-refractivity contribution >= 4 is 23.5 Å². The van der Waals surface area contributed by atoms with Crippen LogP contribution in [0.3, 0.4) is 0 Å². The van der Waals surface area contributed by atoms with Crippen LogP contribution in [-0.2, 0) is 10.5 Å². The smallest absolute Gasteiger partial charge is 0.412 e. The minimum Gasteiger partial charge on any atom is -0.444 e. The first-order valence-corrected chi connectivity index (χ1v) is 9.13. The summed E-state index contributed by atoms with van der Waals surface area (Å²) in [5.41, 5.74) is 2.76. The van der Waals surface area contributed by atoms with E-state index in [-0.39, 0.29) is 4.75 Å². The highest BCUT2D eigenvalue weighted by atomic mass is 32.2. The first-order valence-electron chi connectivity index (χ1n) is 8.14. The van der Waals surface area contributed by atoms with Gasteiger partial charge in [-0.15, -0.1) is 0 Å². The molecule has 0 aromatic heterocycles. The van der Waals surface area contributed by atoms with Crippen molar-refractivity contribution in [3.63, 3.8) is 0 Å². The summed E-state index contributed by atoms with van der Waals surface area (Å²) in [6.45, 7) is 16.6. The number of carbonyl (C=O) groups excluding carboxylic acids is 1. The van der Waals surface area contributed by atoms with Crippen molar-refractivity contribution in [2.24, 2.45) is 0 Å². The van der Waals surface area contributed by atoms with Gasteiger partial charge in [0.2, 0.25) is 0 Å². The van der Waals surface area contributed by atoms with Gasteiger partial charge >= 0.3 is 6.09 Å². The van der Waals surface area contributed by atoms with Gasteiger partial charge in [-0.1, -0.05) is 46.8 Å². The summed E-state index contributed by atoms with van der Waals surface area (Å²) in [7, 11) is 0. The topological polar surface area (TPSA) is 38.3 Å². The molecule has 0 unspecified atom stereocenters. The number of hydrogen-bond acceptors (Lipinski definition) is 3. The van der Waals surface area contributed by atoms with Crippen LogP contribution < -0.4 is 5.32 Å². The summed E-state index contributed by atoms with van der Waals surface area (Å²) < 4.78 is 5.54. The zero-order chi connectivity index (χ0) is 17.8. The summed E-state index contributed by atoms with van der Waals surface area (Å²) in [6, 6.07) is 6.25. The van der Waals surface area contributed by atoms with E-state index in [1.807, 2.05) is 38.6 Å². The minimum absolute atomic E-state index is 0.178. The van der Waals surface area contributed by atoms with Crippen LogP contribution in [0.5, 0.6) is 0 Å². The Hall–Kier alpha value is -1.16. The van der Waals surface area contributed by atoms with Crippen LogP contribution in [0.25, 0.3) is 0 Å². The highest BCUT2D eigenvalue weighted by Gasteiger charge is 2.18. The van der Waals surface area contributed by atoms with Crippen LogP contribution in [0.15, 0.2) is 18.2 Å². The van der Waals surface area contributed by atoms with E-state index in [9.17, 15) is 4.79 Å². The molecule has 23 heavy (non-hydrogen) atoms. The van der Waals surface area contributed by atoms with Gasteiger partial charge in [-0.05, 0) is 43.9 Å². The molecule has 0 saturated heterocycles. The number of carbonyl (C=O) groups is 1. The van der Waals surface area contributed by atoms with E-state index in [4.69, 9.17) is 4.74 Å². The summed E-state index contributed by atoms with van der Waals surface area (Å²) in [5.74, 6) is 1.32. The Morgan fingerprint density at radius 1 is 1.17 bits per heavy atom. The van der Waals surface area contributed by atoms with Gasteiger partial charge in [-0.3, -0.25) is 5.32 Å². The fourth-order valence-electron chi connectivity index (χ4n) is 1.92. The van der Waals surface area contributed by atoms with Crippen molar-refractivity contribution in [2.75, 3.05) is 5.32 Å². The van der Waals surface area contributed by atoms with Gasteiger partial charge in [0.15, 0.2) is 0 Å². The molecule has 0 radical (unpaired) electrons. The van der Waals surface area contributed by atoms with Gasteiger partial charge in [0, 0.05) is 16.2 Å². The predicted octanol–water partition coefficient (Wildman–Crippen LogP) is 6.19. The van der Waals surface area contributed by atoms with Crippen molar-refractivity contribution < 1.29 is 9.53 Å². The lowest BCUT2D eigenvalue weighted by Crippen LogP contribution is -2.27. The Kier molecular flexibility index (Phi) is 6.58. The van der Waals surface area contributed by atoms with Crippen LogP contribution in [0, 0.1) is 0 Å². The van der Waals surface area contributed by atoms with Crippen LogP contribution in [0.2, 0.25) is 0 Å². The van der Waals surface area contributed by atoms with Crippen molar-refractivity contribution in [1.82, 2.24) is 0 Å². The second kappa shape index (κ2) is 7.61. The lowest BCUT2D eigenvalue weighted by Gasteiger charge is -2.22. The van der Waals surface area contributed by atoms with E-state index in [1.165, 1.54) is 5.56 Å². The summed E-state index contributed by atoms with van der Waals surface area (Å²) in [6.07, 6.45) is -0.406. The number of anilines is 1. The maximum atomic E-state index is 12.1. The van der Waals surface area contributed by atoms with Crippen molar-refractivity contribution in [3.05, 3.63) is 29.3 Å². The number of hydrogen-bond donors (Lipinski definition) is 1. The SMILES string of the molecule is CC(C)c1ccc(NC(=O)OC(C)(C)C)c(CSC(C)(C)C)c1. The molecule has 0 bridgehead atoms. The van der Waals surface area contributed by atoms with Gasteiger partial charge in [0.05, 0.1) is 0 Å². The first-order chi connectivity index (χ1) is 10.4. The molecule has 1 aromatic rings. The van der Waals surface area contributed by atoms with E-state index in [2.05, 4.69) is 52.1 Å². The molecular formula is C19H31NO2S. The minimum atomic E-state index is -0.498. The standard InChI is InChI=1S/C19H31NO2S/c1-13(2)14-9-10-16(20-17(21)22-18(3,4)5)15(11-14)12-23-19(6,7)8/h9-11,13H,12H2,1-8H3,(H,20,21). The molecule has 3 nitrogen and oxygen atoms in total. The number of thioether (sulfide) groups is 1. The quantitative estimate of drug-likeness (QED) is 0.712. The highest BCUT2D eigenvalue weighted by Crippen LogP contribution is 2.32. The summed E-state index contributed by atoms with van der Waals surface area (Å²) >= 11 is 1.87. The molecule has 0 saturated carbocycles. The molecule has 1 aromatic carbocycles. The van der Waals surface area contributed by atoms with E-state index in [0.29, 0.717) is 5.92 Å². The first kappa shape index (κ1) is 19.9. The molecule has 4 heteroatoms. The molecule has 0 atom stereocenters. The predicted molar refractivity (Wildman–Crippen MR) is 101 cm³/mol. The molecule has 1 amide bonds. The molecule has 0 heterocycles. The lowest BCUT2D eigenvalue weighted by atomic mass is 10.0. The molecule has 0 aliphatic carbocycles. The van der Waals surface area contributed by atoms with Crippen molar-refractivity contribution in [1.29, 1.82) is 0 Å². The Labute approximate surface area is 145 Å². The van der Waals surface area contributed by atoms with Gasteiger partial charge in [-0.25, -0.2) is 4.79 Å². The zero-order valence-electron chi connectivity index (χ0n) is 15.7. The molecule has 0 fully saturated rings. The number of nitrogens with one attached hydrogen (secondary N) is 1. The molecular weight excluding hydrogens is 306 g/mol. The van der Waals surface area contributed by atoms with E-state index in [1.54, 1.807) is 0 Å². The Balaban J connectivity index is 2.98. The molecule has 1 N–H and O–H groups in total. The molecule has 1 rings (SSSR count). The average molecular weight is 338 g/mol. The largest absolute Gasteiger partial charge is 0.444 e. The monoisotopic (exact) mass is 337 g/mol. The van der Waals surface area contributed by atoms with E-state index < -0.39 is 11.7 Å². The Morgan fingerprint density at radius 3 is 2.26 bits per heavy atom. The van der Waals surface area contributed by atoms with Crippen molar-refractivity contribution in [3.8, 4) is 0 Å². The molecule has 0 aliphatic heterocycles. The number of rotatable bonds is 4. The van der Waals surface area contributed by atoms with Crippen LogP contribution in [0.4, 0.5) is 10.5 Å². The third-order valence-electron chi connectivity index (χ3n) is 3.09. The van der Waals surface area contributed by atoms with Gasteiger partial charge in [0.1, 0.15) is 5.60 Å². The molecule has 130 valence electrons. The zero-order valence-corrected chi connectivity index (χ0v) is 16.6. The van der Waals surface area contributed by atoms with E-state index in [0.717, 1.165) is 17.0 Å². The van der Waals surface area contributed by atoms with Gasteiger partial charge in [-0.2, -0.15) is 11.8 Å². The van der Waals surface area contributed by atoms with Gasteiger partial charge < -0.3 is 4.74 Å². The van der Waals surface area contributed by atoms with Crippen LogP contribution in [-0.4, -0.2) is 16.4 Å². The fourth-order valence-corrected chi connectivity index (χ4v) is 2.75. The van der Waals surface area contributed by atoms with Gasteiger partial charge in [0.25, 0.3) is 0 Å². The summed E-state index contributed by atoms with van der Waals surface area (Å²) in [4.78, 5) is 12.1. The maximum Gasteiger partial charge on any atom is 0.412 e. The third kappa shape index (κ3) is 7.78. The number of benzene rings is 1. The van der Waals surface area contributed by atoms with E-state index >= 15 is 0 Å². The fraction of sp³-hybridized carbons (Fsp3) is 0.632.